The van der Waals surface area contributed by atoms with Crippen LogP contribution in [0.25, 0.3) is 0 Å². The second-order valence-corrected chi connectivity index (χ2v) is 9.21. The molecule has 4 rings (SSSR count). The van der Waals surface area contributed by atoms with Crippen molar-refractivity contribution in [2.45, 2.75) is 39.8 Å². The van der Waals surface area contributed by atoms with E-state index < -0.39 is 5.97 Å². The van der Waals surface area contributed by atoms with Gasteiger partial charge < -0.3 is 14.8 Å². The predicted molar refractivity (Wildman–Crippen MR) is 138 cm³/mol. The maximum absolute atomic E-state index is 13.3. The van der Waals surface area contributed by atoms with E-state index in [0.29, 0.717) is 33.7 Å². The summed E-state index contributed by atoms with van der Waals surface area (Å²) in [5.74, 6) is 0.375. The Morgan fingerprint density at radius 1 is 1.09 bits per heavy atom. The number of benzene rings is 2. The van der Waals surface area contributed by atoms with E-state index in [2.05, 4.69) is 24.1 Å². The van der Waals surface area contributed by atoms with Crippen LogP contribution in [0.2, 0.25) is 0 Å². The van der Waals surface area contributed by atoms with Gasteiger partial charge in [-0.3, -0.25) is 9.69 Å². The Bertz CT molecular complexity index is 1150. The lowest BCUT2D eigenvalue weighted by atomic mass is 10.0. The molecule has 1 N–H and O–H groups in total. The molecule has 0 bridgehead atoms. The first-order valence-electron chi connectivity index (χ1n) is 11.2. The molecule has 6 nitrogen and oxygen atoms in total. The summed E-state index contributed by atoms with van der Waals surface area (Å²) in [6.45, 7) is 8.02. The molecule has 0 unspecified atom stereocenters. The van der Waals surface area contributed by atoms with Crippen molar-refractivity contribution >= 4 is 40.6 Å². The van der Waals surface area contributed by atoms with Gasteiger partial charge in [-0.15, -0.1) is 23.7 Å². The molecule has 2 aromatic carbocycles. The highest BCUT2D eigenvalue weighted by atomic mass is 35.5. The Balaban J connectivity index is 0.00000324. The van der Waals surface area contributed by atoms with Gasteiger partial charge in [0.1, 0.15) is 16.5 Å². The molecule has 1 aliphatic rings. The molecule has 34 heavy (non-hydrogen) atoms. The number of thiophene rings is 1. The summed E-state index contributed by atoms with van der Waals surface area (Å²) < 4.78 is 11.3. The fourth-order valence-corrected chi connectivity index (χ4v) is 5.16. The molecule has 0 radical (unpaired) electrons. The largest absolute Gasteiger partial charge is 0.462 e. The average Bonchev–Trinajstić information content (AvgIpc) is 3.17. The standard InChI is InChI=1S/C26H28N2O4S.ClH/c1-4-31-26(30)23-20-14-15-28(17(2)3)16-22(20)33-25(23)27-24(29)19-12-8-9-13-21(19)32-18-10-6-5-7-11-18;/h5-13,17H,4,14-16H2,1-3H3,(H,27,29);1H. The summed E-state index contributed by atoms with van der Waals surface area (Å²) in [6, 6.07) is 16.8. The smallest absolute Gasteiger partial charge is 0.341 e. The van der Waals surface area contributed by atoms with Crippen LogP contribution in [0.15, 0.2) is 54.6 Å². The Labute approximate surface area is 210 Å². The minimum absolute atomic E-state index is 0. The van der Waals surface area contributed by atoms with Gasteiger partial charge in [-0.25, -0.2) is 4.79 Å². The number of esters is 1. The molecule has 0 fully saturated rings. The van der Waals surface area contributed by atoms with Gasteiger partial charge in [-0.1, -0.05) is 30.3 Å². The number of fused-ring (bicyclic) bond motifs is 1. The van der Waals surface area contributed by atoms with Gasteiger partial charge in [-0.2, -0.15) is 0 Å². The van der Waals surface area contributed by atoms with Crippen molar-refractivity contribution in [2.24, 2.45) is 0 Å². The van der Waals surface area contributed by atoms with Crippen molar-refractivity contribution in [3.8, 4) is 11.5 Å². The molecule has 0 saturated heterocycles. The topological polar surface area (TPSA) is 67.9 Å². The van der Waals surface area contributed by atoms with Gasteiger partial charge in [0.15, 0.2) is 0 Å². The zero-order valence-electron chi connectivity index (χ0n) is 19.5. The van der Waals surface area contributed by atoms with E-state index in [-0.39, 0.29) is 24.9 Å². The number of amides is 1. The third-order valence-electron chi connectivity index (χ3n) is 5.63. The maximum atomic E-state index is 13.3. The number of ether oxygens (including phenoxy) is 2. The van der Waals surface area contributed by atoms with Gasteiger partial charge >= 0.3 is 5.97 Å². The molecular weight excluding hydrogens is 472 g/mol. The van der Waals surface area contributed by atoms with Crippen molar-refractivity contribution in [2.75, 3.05) is 18.5 Å². The molecule has 1 aromatic heterocycles. The van der Waals surface area contributed by atoms with Gasteiger partial charge in [-0.05, 0) is 57.0 Å². The summed E-state index contributed by atoms with van der Waals surface area (Å²) in [4.78, 5) is 29.6. The van der Waals surface area contributed by atoms with Crippen molar-refractivity contribution in [3.05, 3.63) is 76.2 Å². The quantitative estimate of drug-likeness (QED) is 0.393. The molecule has 8 heteroatoms. The van der Waals surface area contributed by atoms with Crippen molar-refractivity contribution < 1.29 is 19.1 Å². The lowest BCUT2D eigenvalue weighted by Crippen LogP contribution is -2.35. The molecule has 3 aromatic rings. The van der Waals surface area contributed by atoms with E-state index in [1.165, 1.54) is 11.3 Å². The van der Waals surface area contributed by atoms with Crippen LogP contribution < -0.4 is 10.1 Å². The Morgan fingerprint density at radius 2 is 1.79 bits per heavy atom. The van der Waals surface area contributed by atoms with Crippen LogP contribution >= 0.6 is 23.7 Å². The van der Waals surface area contributed by atoms with E-state index >= 15 is 0 Å². The number of hydrogen-bond acceptors (Lipinski definition) is 6. The van der Waals surface area contributed by atoms with Crippen LogP contribution in [-0.4, -0.2) is 36.0 Å². The SMILES string of the molecule is CCOC(=O)c1c(NC(=O)c2ccccc2Oc2ccccc2)sc2c1CCN(C(C)C)C2.Cl. The van der Waals surface area contributed by atoms with E-state index in [9.17, 15) is 9.59 Å². The van der Waals surface area contributed by atoms with Crippen LogP contribution in [0.5, 0.6) is 11.5 Å². The normalized spacial score (nSPS) is 13.1. The molecule has 0 saturated carbocycles. The third kappa shape index (κ3) is 5.60. The number of rotatable bonds is 7. The zero-order valence-corrected chi connectivity index (χ0v) is 21.1. The molecule has 2 heterocycles. The molecule has 1 aliphatic heterocycles. The molecular formula is C26H29ClN2O4S. The first-order chi connectivity index (χ1) is 16.0. The number of hydrogen-bond donors (Lipinski definition) is 1. The first kappa shape index (κ1) is 25.7. The Kier molecular flexibility index (Phi) is 8.72. The Morgan fingerprint density at radius 3 is 2.50 bits per heavy atom. The summed E-state index contributed by atoms with van der Waals surface area (Å²) in [6.07, 6.45) is 0.752. The van der Waals surface area contributed by atoms with E-state index in [1.54, 1.807) is 25.1 Å². The number of nitrogens with zero attached hydrogens (tertiary/aromatic N) is 1. The van der Waals surface area contributed by atoms with Crippen LogP contribution in [0.3, 0.4) is 0 Å². The lowest BCUT2D eigenvalue weighted by Gasteiger charge is -2.30. The molecule has 1 amide bonds. The minimum atomic E-state index is -0.392. The second-order valence-electron chi connectivity index (χ2n) is 8.11. The maximum Gasteiger partial charge on any atom is 0.341 e. The lowest BCUT2D eigenvalue weighted by molar-refractivity contribution is 0.0526. The Hall–Kier alpha value is -2.87. The van der Waals surface area contributed by atoms with Crippen LogP contribution in [0.4, 0.5) is 5.00 Å². The third-order valence-corrected chi connectivity index (χ3v) is 6.76. The highest BCUT2D eigenvalue weighted by Crippen LogP contribution is 2.38. The van der Waals surface area contributed by atoms with Crippen molar-refractivity contribution in [1.82, 2.24) is 4.90 Å². The van der Waals surface area contributed by atoms with Crippen molar-refractivity contribution in [3.63, 3.8) is 0 Å². The predicted octanol–water partition coefficient (Wildman–Crippen LogP) is 6.16. The van der Waals surface area contributed by atoms with Gasteiger partial charge in [0.05, 0.1) is 17.7 Å². The van der Waals surface area contributed by atoms with Gasteiger partial charge in [0.25, 0.3) is 5.91 Å². The van der Waals surface area contributed by atoms with Crippen LogP contribution in [0, 0.1) is 0 Å². The summed E-state index contributed by atoms with van der Waals surface area (Å²) >= 11 is 1.45. The number of carbonyl (C=O) groups excluding carboxylic acids is 2. The first-order valence-corrected chi connectivity index (χ1v) is 12.0. The number of halogens is 1. The van der Waals surface area contributed by atoms with Gasteiger partial charge in [0.2, 0.25) is 0 Å². The van der Waals surface area contributed by atoms with E-state index in [1.807, 2.05) is 36.4 Å². The fourth-order valence-electron chi connectivity index (χ4n) is 3.90. The van der Waals surface area contributed by atoms with Crippen LogP contribution in [-0.2, 0) is 17.7 Å². The molecule has 0 atom stereocenters. The molecule has 180 valence electrons. The average molecular weight is 501 g/mol. The number of anilines is 1. The highest BCUT2D eigenvalue weighted by Gasteiger charge is 2.30. The number of carbonyl (C=O) groups is 2. The zero-order chi connectivity index (χ0) is 23.4. The summed E-state index contributed by atoms with van der Waals surface area (Å²) in [7, 11) is 0. The van der Waals surface area contributed by atoms with E-state index in [0.717, 1.165) is 30.0 Å². The molecule has 0 aliphatic carbocycles. The second kappa shape index (κ2) is 11.5. The highest BCUT2D eigenvalue weighted by molar-refractivity contribution is 7.17. The van der Waals surface area contributed by atoms with E-state index in [4.69, 9.17) is 9.47 Å². The summed E-state index contributed by atoms with van der Waals surface area (Å²) in [5, 5.41) is 3.50. The monoisotopic (exact) mass is 500 g/mol. The van der Waals surface area contributed by atoms with Gasteiger partial charge in [0, 0.05) is 24.0 Å². The number of nitrogens with one attached hydrogen (secondary N) is 1. The van der Waals surface area contributed by atoms with Crippen molar-refractivity contribution in [1.29, 1.82) is 0 Å². The summed E-state index contributed by atoms with van der Waals surface area (Å²) in [5.41, 5.74) is 1.86. The number of para-hydroxylation sites is 2. The minimum Gasteiger partial charge on any atom is -0.462 e. The van der Waals surface area contributed by atoms with Crippen LogP contribution in [0.1, 0.15) is 51.9 Å². The fraction of sp³-hybridized carbons (Fsp3) is 0.308. The molecule has 0 spiro atoms.